The van der Waals surface area contributed by atoms with Crippen LogP contribution in [0.5, 0.6) is 5.75 Å². The van der Waals surface area contributed by atoms with Crippen LogP contribution < -0.4 is 0 Å². The van der Waals surface area contributed by atoms with E-state index in [1.165, 1.54) is 0 Å². The Morgan fingerprint density at radius 3 is 2.29 bits per heavy atom. The maximum absolute atomic E-state index is 11.6. The minimum atomic E-state index is -0.565. The number of aliphatic imine (C=N–C) groups is 1. The molecule has 3 heteroatoms. The molecular weight excluding hydrogens is 430 g/mol. The van der Waals surface area contributed by atoms with Crippen molar-refractivity contribution in [2.24, 2.45) is 4.99 Å². The van der Waals surface area contributed by atoms with E-state index in [1.54, 1.807) is 6.21 Å². The molecular formula is C32H25NO2. The van der Waals surface area contributed by atoms with E-state index in [0.717, 1.165) is 44.2 Å². The van der Waals surface area contributed by atoms with Crippen molar-refractivity contribution in [3.05, 3.63) is 126 Å². The Morgan fingerprint density at radius 1 is 0.743 bits per heavy atom. The highest BCUT2D eigenvalue weighted by Crippen LogP contribution is 2.43. The quantitative estimate of drug-likeness (QED) is 0.288. The first-order chi connectivity index (χ1) is 17.2. The average Bonchev–Trinajstić information content (AvgIpc) is 3.23. The van der Waals surface area contributed by atoms with Crippen molar-refractivity contribution >= 4 is 17.0 Å². The highest BCUT2D eigenvalue weighted by Gasteiger charge is 2.30. The Kier molecular flexibility index (Phi) is 5.40. The molecule has 0 amide bonds. The molecule has 0 aromatic heterocycles. The van der Waals surface area contributed by atoms with E-state index in [-0.39, 0.29) is 11.8 Å². The average molecular weight is 456 g/mol. The van der Waals surface area contributed by atoms with E-state index in [9.17, 15) is 10.2 Å². The van der Waals surface area contributed by atoms with E-state index in [2.05, 4.69) is 30.3 Å². The summed E-state index contributed by atoms with van der Waals surface area (Å²) < 4.78 is 0. The lowest BCUT2D eigenvalue weighted by Crippen LogP contribution is -2.11. The first-order valence-electron chi connectivity index (χ1n) is 11.9. The Bertz CT molecular complexity index is 1560. The van der Waals surface area contributed by atoms with Crippen molar-refractivity contribution in [2.45, 2.75) is 18.6 Å². The standard InChI is InChI=1S/C32H25NO2/c34-29-19-23-13-5-7-16-27(23)31(29)33-20-24-18-22-12-4-6-15-26(22)30(32(24)35)28-17-9-8-14-25(28)21-10-2-1-3-11-21/h1-18,20,29,31,34-35H,19H2/t29-,31+/m1/s1. The van der Waals surface area contributed by atoms with E-state index < -0.39 is 6.10 Å². The Hall–Kier alpha value is -4.21. The summed E-state index contributed by atoms with van der Waals surface area (Å²) in [6.07, 6.45) is 1.74. The van der Waals surface area contributed by atoms with Crippen LogP contribution in [0.4, 0.5) is 0 Å². The van der Waals surface area contributed by atoms with Crippen LogP contribution in [0.2, 0.25) is 0 Å². The number of aromatic hydroxyl groups is 1. The van der Waals surface area contributed by atoms with Gasteiger partial charge in [0.15, 0.2) is 0 Å². The third-order valence-corrected chi connectivity index (χ3v) is 6.87. The molecule has 3 nitrogen and oxygen atoms in total. The Balaban J connectivity index is 1.52. The van der Waals surface area contributed by atoms with Gasteiger partial charge < -0.3 is 10.2 Å². The third-order valence-electron chi connectivity index (χ3n) is 6.87. The third kappa shape index (κ3) is 3.80. The molecule has 5 aromatic rings. The fourth-order valence-electron chi connectivity index (χ4n) is 5.19. The summed E-state index contributed by atoms with van der Waals surface area (Å²) in [7, 11) is 0. The van der Waals surface area contributed by atoms with Crippen molar-refractivity contribution in [1.29, 1.82) is 0 Å². The Labute approximate surface area is 204 Å². The zero-order valence-corrected chi connectivity index (χ0v) is 19.2. The molecule has 0 saturated carbocycles. The zero-order valence-electron chi connectivity index (χ0n) is 19.2. The molecule has 1 aliphatic rings. The number of hydrogen-bond acceptors (Lipinski definition) is 3. The number of rotatable bonds is 4. The molecule has 1 aliphatic carbocycles. The van der Waals surface area contributed by atoms with Gasteiger partial charge in [0.25, 0.3) is 0 Å². The first-order valence-corrected chi connectivity index (χ1v) is 11.9. The molecule has 0 fully saturated rings. The zero-order chi connectivity index (χ0) is 23.8. The van der Waals surface area contributed by atoms with Crippen molar-refractivity contribution in [2.75, 3.05) is 0 Å². The number of nitrogens with zero attached hydrogens (tertiary/aromatic N) is 1. The Morgan fingerprint density at radius 2 is 1.43 bits per heavy atom. The van der Waals surface area contributed by atoms with Crippen molar-refractivity contribution < 1.29 is 10.2 Å². The molecule has 0 aliphatic heterocycles. The fraction of sp³-hybridized carbons (Fsp3) is 0.0938. The SMILES string of the molecule is Oc1c(C=N[C@H]2c3ccccc3C[C@H]2O)cc2ccccc2c1-c1ccccc1-c1ccccc1. The summed E-state index contributed by atoms with van der Waals surface area (Å²) in [5.41, 5.74) is 6.72. The van der Waals surface area contributed by atoms with Crippen molar-refractivity contribution in [3.63, 3.8) is 0 Å². The topological polar surface area (TPSA) is 52.8 Å². The molecule has 35 heavy (non-hydrogen) atoms. The maximum Gasteiger partial charge on any atom is 0.132 e. The fourth-order valence-corrected chi connectivity index (χ4v) is 5.19. The monoisotopic (exact) mass is 455 g/mol. The second kappa shape index (κ2) is 8.86. The van der Waals surface area contributed by atoms with E-state index in [4.69, 9.17) is 4.99 Å². The minimum Gasteiger partial charge on any atom is -0.507 e. The number of phenols is 1. The van der Waals surface area contributed by atoms with Gasteiger partial charge in [-0.3, -0.25) is 4.99 Å². The van der Waals surface area contributed by atoms with Gasteiger partial charge in [0.1, 0.15) is 11.8 Å². The van der Waals surface area contributed by atoms with Gasteiger partial charge in [-0.25, -0.2) is 0 Å². The predicted molar refractivity (Wildman–Crippen MR) is 143 cm³/mol. The lowest BCUT2D eigenvalue weighted by molar-refractivity contribution is 0.159. The van der Waals surface area contributed by atoms with Gasteiger partial charge in [-0.05, 0) is 44.7 Å². The largest absolute Gasteiger partial charge is 0.507 e. The highest BCUT2D eigenvalue weighted by molar-refractivity contribution is 6.07. The van der Waals surface area contributed by atoms with Crippen LogP contribution in [0.1, 0.15) is 22.7 Å². The lowest BCUT2D eigenvalue weighted by Gasteiger charge is -2.16. The first kappa shape index (κ1) is 21.3. The summed E-state index contributed by atoms with van der Waals surface area (Å²) in [6, 6.07) is 36.2. The summed E-state index contributed by atoms with van der Waals surface area (Å²) in [5, 5.41) is 24.2. The lowest BCUT2D eigenvalue weighted by atomic mass is 9.89. The number of aliphatic hydroxyl groups is 1. The number of fused-ring (bicyclic) bond motifs is 2. The molecule has 6 rings (SSSR count). The van der Waals surface area contributed by atoms with Crippen LogP contribution in [0.3, 0.4) is 0 Å². The number of phenolic OH excluding ortho intramolecular Hbond substituents is 1. The van der Waals surface area contributed by atoms with Gasteiger partial charge in [-0.15, -0.1) is 0 Å². The second-order valence-corrected chi connectivity index (χ2v) is 9.02. The molecule has 0 unspecified atom stereocenters. The van der Waals surface area contributed by atoms with Gasteiger partial charge >= 0.3 is 0 Å². The number of aliphatic hydroxyl groups excluding tert-OH is 1. The molecule has 2 atom stereocenters. The molecule has 170 valence electrons. The predicted octanol–water partition coefficient (Wildman–Crippen LogP) is 6.96. The van der Waals surface area contributed by atoms with Gasteiger partial charge in [0.2, 0.25) is 0 Å². The van der Waals surface area contributed by atoms with E-state index in [0.29, 0.717) is 12.0 Å². The maximum atomic E-state index is 11.6. The van der Waals surface area contributed by atoms with Crippen LogP contribution in [0, 0.1) is 0 Å². The molecule has 0 spiro atoms. The van der Waals surface area contributed by atoms with Gasteiger partial charge in [0, 0.05) is 23.8 Å². The van der Waals surface area contributed by atoms with E-state index in [1.807, 2.05) is 78.9 Å². The molecule has 2 N–H and O–H groups in total. The second-order valence-electron chi connectivity index (χ2n) is 9.02. The molecule has 0 bridgehead atoms. The van der Waals surface area contributed by atoms with Crippen molar-refractivity contribution in [3.8, 4) is 28.0 Å². The molecule has 0 radical (unpaired) electrons. The molecule has 0 saturated heterocycles. The molecule has 0 heterocycles. The summed E-state index contributed by atoms with van der Waals surface area (Å²) >= 11 is 0. The van der Waals surface area contributed by atoms with Gasteiger partial charge in [-0.1, -0.05) is 103 Å². The van der Waals surface area contributed by atoms with Crippen LogP contribution >= 0.6 is 0 Å². The van der Waals surface area contributed by atoms with Crippen LogP contribution in [0.25, 0.3) is 33.0 Å². The number of benzene rings is 5. The van der Waals surface area contributed by atoms with Gasteiger partial charge in [0.05, 0.1) is 6.10 Å². The smallest absolute Gasteiger partial charge is 0.132 e. The summed E-state index contributed by atoms with van der Waals surface area (Å²) in [5.74, 6) is 0.191. The van der Waals surface area contributed by atoms with Crippen LogP contribution in [-0.2, 0) is 6.42 Å². The summed E-state index contributed by atoms with van der Waals surface area (Å²) in [6.45, 7) is 0. The highest BCUT2D eigenvalue weighted by atomic mass is 16.3. The number of hydrogen-bond donors (Lipinski definition) is 2. The van der Waals surface area contributed by atoms with Crippen molar-refractivity contribution in [1.82, 2.24) is 0 Å². The minimum absolute atomic E-state index is 0.191. The van der Waals surface area contributed by atoms with Crippen LogP contribution in [-0.4, -0.2) is 22.5 Å². The normalized spacial score (nSPS) is 17.2. The van der Waals surface area contributed by atoms with Crippen LogP contribution in [0.15, 0.2) is 114 Å². The van der Waals surface area contributed by atoms with Gasteiger partial charge in [-0.2, -0.15) is 0 Å². The molecule has 5 aromatic carbocycles. The summed E-state index contributed by atoms with van der Waals surface area (Å²) in [4.78, 5) is 4.76. The van der Waals surface area contributed by atoms with E-state index >= 15 is 0 Å².